The van der Waals surface area contributed by atoms with E-state index in [0.29, 0.717) is 11.2 Å². The summed E-state index contributed by atoms with van der Waals surface area (Å²) in [6, 6.07) is 8.26. The van der Waals surface area contributed by atoms with Crippen molar-refractivity contribution in [1.82, 2.24) is 9.38 Å². The predicted octanol–water partition coefficient (Wildman–Crippen LogP) is 3.45. The number of hydrogen-bond donors (Lipinski definition) is 0. The van der Waals surface area contributed by atoms with Gasteiger partial charge in [0, 0.05) is 23.9 Å². The summed E-state index contributed by atoms with van der Waals surface area (Å²) < 4.78 is 14.5. The first kappa shape index (κ1) is 12.9. The van der Waals surface area contributed by atoms with E-state index in [2.05, 4.69) is 10.2 Å². The lowest BCUT2D eigenvalue weighted by molar-refractivity contribution is -0.384. The topological polar surface area (TPSA) is 89.9 Å². The quantitative estimate of drug-likeness (QED) is 0.419. The third-order valence-corrected chi connectivity index (χ3v) is 2.97. The van der Waals surface area contributed by atoms with Crippen molar-refractivity contribution in [3.05, 3.63) is 63.4 Å². The highest BCUT2D eigenvalue weighted by atomic mass is 19.1. The van der Waals surface area contributed by atoms with Crippen molar-refractivity contribution in [3.8, 4) is 11.3 Å². The maximum absolute atomic E-state index is 13.3. The van der Waals surface area contributed by atoms with Crippen molar-refractivity contribution < 1.29 is 9.31 Å². The summed E-state index contributed by atoms with van der Waals surface area (Å²) in [6.45, 7) is 0. The number of imidazole rings is 1. The lowest BCUT2D eigenvalue weighted by Gasteiger charge is -1.98. The molecule has 0 amide bonds. The molecule has 0 N–H and O–H groups in total. The molecule has 2 heterocycles. The third-order valence-electron chi connectivity index (χ3n) is 2.97. The molecule has 0 aliphatic carbocycles. The number of hydrogen-bond acceptors (Lipinski definition) is 5. The highest BCUT2D eigenvalue weighted by Gasteiger charge is 2.17. The predicted molar refractivity (Wildman–Crippen MR) is 72.7 cm³/mol. The van der Waals surface area contributed by atoms with E-state index in [0.717, 1.165) is 6.20 Å². The number of nitroso groups, excluding NO2 is 1. The van der Waals surface area contributed by atoms with Gasteiger partial charge in [0.25, 0.3) is 5.69 Å². The molecule has 0 bridgehead atoms. The average molecular weight is 286 g/mol. The number of nitro benzene ring substituents is 1. The molecule has 3 rings (SSSR count). The van der Waals surface area contributed by atoms with Crippen LogP contribution < -0.4 is 0 Å². The summed E-state index contributed by atoms with van der Waals surface area (Å²) in [6.07, 6.45) is 1.08. The maximum atomic E-state index is 13.3. The minimum atomic E-state index is -0.549. The number of aromatic nitrogens is 2. The van der Waals surface area contributed by atoms with E-state index in [1.165, 1.54) is 34.7 Å². The lowest BCUT2D eigenvalue weighted by Crippen LogP contribution is -1.88. The highest BCUT2D eigenvalue weighted by molar-refractivity contribution is 5.75. The van der Waals surface area contributed by atoms with Crippen LogP contribution in [0.2, 0.25) is 0 Å². The normalized spacial score (nSPS) is 10.7. The van der Waals surface area contributed by atoms with Gasteiger partial charge in [0.15, 0.2) is 0 Å². The third kappa shape index (κ3) is 2.12. The van der Waals surface area contributed by atoms with E-state index in [1.807, 2.05) is 0 Å². The SMILES string of the molecule is O=Nc1c(-c2cccc([N+](=O)[O-])c2)nc2ccc(F)cn12. The fraction of sp³-hybridized carbons (Fsp3) is 0. The van der Waals surface area contributed by atoms with Gasteiger partial charge >= 0.3 is 0 Å². The van der Waals surface area contributed by atoms with E-state index < -0.39 is 10.7 Å². The van der Waals surface area contributed by atoms with Gasteiger partial charge in [0.05, 0.1) is 4.92 Å². The Bertz CT molecular complexity index is 875. The average Bonchev–Trinajstić information content (AvgIpc) is 2.85. The Morgan fingerprint density at radius 1 is 1.29 bits per heavy atom. The fourth-order valence-corrected chi connectivity index (χ4v) is 2.05. The minimum Gasteiger partial charge on any atom is -0.278 e. The van der Waals surface area contributed by atoms with Crippen LogP contribution in [0.15, 0.2) is 47.8 Å². The van der Waals surface area contributed by atoms with Crippen LogP contribution in [-0.2, 0) is 0 Å². The first-order valence-corrected chi connectivity index (χ1v) is 5.86. The molecule has 104 valence electrons. The van der Waals surface area contributed by atoms with Crippen LogP contribution >= 0.6 is 0 Å². The highest BCUT2D eigenvalue weighted by Crippen LogP contribution is 2.32. The molecular weight excluding hydrogens is 279 g/mol. The van der Waals surface area contributed by atoms with Crippen LogP contribution in [0.5, 0.6) is 0 Å². The smallest absolute Gasteiger partial charge is 0.270 e. The molecule has 0 saturated carbocycles. The molecule has 0 aliphatic heterocycles. The number of nitrogens with zero attached hydrogens (tertiary/aromatic N) is 4. The lowest BCUT2D eigenvalue weighted by atomic mass is 10.1. The molecule has 3 aromatic rings. The first-order valence-electron chi connectivity index (χ1n) is 5.86. The second-order valence-corrected chi connectivity index (χ2v) is 4.26. The largest absolute Gasteiger partial charge is 0.278 e. The summed E-state index contributed by atoms with van der Waals surface area (Å²) in [7, 11) is 0. The van der Waals surface area contributed by atoms with Gasteiger partial charge in [-0.1, -0.05) is 12.1 Å². The van der Waals surface area contributed by atoms with E-state index in [9.17, 15) is 19.4 Å². The zero-order chi connectivity index (χ0) is 15.0. The molecule has 1 aromatic carbocycles. The van der Waals surface area contributed by atoms with Crippen LogP contribution in [0, 0.1) is 20.8 Å². The maximum Gasteiger partial charge on any atom is 0.270 e. The summed E-state index contributed by atoms with van der Waals surface area (Å²) >= 11 is 0. The van der Waals surface area contributed by atoms with Gasteiger partial charge < -0.3 is 0 Å². The zero-order valence-corrected chi connectivity index (χ0v) is 10.4. The van der Waals surface area contributed by atoms with E-state index >= 15 is 0 Å². The van der Waals surface area contributed by atoms with Crippen LogP contribution in [0.25, 0.3) is 16.9 Å². The molecule has 21 heavy (non-hydrogen) atoms. The Morgan fingerprint density at radius 2 is 2.10 bits per heavy atom. The second kappa shape index (κ2) is 4.75. The first-order chi connectivity index (χ1) is 10.1. The summed E-state index contributed by atoms with van der Waals surface area (Å²) in [5.41, 5.74) is 0.724. The molecule has 0 fully saturated rings. The van der Waals surface area contributed by atoms with Crippen LogP contribution in [0.1, 0.15) is 0 Å². The van der Waals surface area contributed by atoms with Crippen LogP contribution in [0.3, 0.4) is 0 Å². The van der Waals surface area contributed by atoms with Gasteiger partial charge in [-0.05, 0) is 17.3 Å². The molecule has 8 heteroatoms. The number of rotatable bonds is 3. The Kier molecular flexibility index (Phi) is 2.90. The number of non-ortho nitro benzene ring substituents is 1. The van der Waals surface area contributed by atoms with Gasteiger partial charge in [0.2, 0.25) is 5.82 Å². The number of fused-ring (bicyclic) bond motifs is 1. The van der Waals surface area contributed by atoms with Gasteiger partial charge in [-0.3, -0.25) is 14.5 Å². The molecular formula is C13H7FN4O3. The Hall–Kier alpha value is -3.16. The van der Waals surface area contributed by atoms with Gasteiger partial charge in [-0.2, -0.15) is 0 Å². The van der Waals surface area contributed by atoms with Crippen molar-refractivity contribution in [1.29, 1.82) is 0 Å². The van der Waals surface area contributed by atoms with E-state index in [-0.39, 0.29) is 17.2 Å². The van der Waals surface area contributed by atoms with Crippen molar-refractivity contribution in [2.75, 3.05) is 0 Å². The second-order valence-electron chi connectivity index (χ2n) is 4.26. The summed E-state index contributed by atoms with van der Waals surface area (Å²) in [5.74, 6) is -0.652. The number of nitro groups is 1. The molecule has 0 saturated heterocycles. The fourth-order valence-electron chi connectivity index (χ4n) is 2.05. The van der Waals surface area contributed by atoms with Crippen LogP contribution in [-0.4, -0.2) is 14.3 Å². The molecule has 7 nitrogen and oxygen atoms in total. The van der Waals surface area contributed by atoms with Crippen molar-refractivity contribution >= 4 is 17.2 Å². The summed E-state index contributed by atoms with van der Waals surface area (Å²) in [4.78, 5) is 25.5. The van der Waals surface area contributed by atoms with Gasteiger partial charge in [-0.15, -0.1) is 4.91 Å². The standard InChI is InChI=1S/C13H7FN4O3/c14-9-4-5-11-15-12(13(16-19)17(11)7-9)8-2-1-3-10(6-8)18(20)21/h1-7H. The Labute approximate surface area is 116 Å². The van der Waals surface area contributed by atoms with Crippen molar-refractivity contribution in [2.45, 2.75) is 0 Å². The van der Waals surface area contributed by atoms with Crippen molar-refractivity contribution in [3.63, 3.8) is 0 Å². The number of benzene rings is 1. The monoisotopic (exact) mass is 286 g/mol. The van der Waals surface area contributed by atoms with E-state index in [4.69, 9.17) is 0 Å². The summed E-state index contributed by atoms with van der Waals surface area (Å²) in [5, 5.41) is 13.7. The molecule has 0 unspecified atom stereocenters. The Balaban J connectivity index is 2.27. The van der Waals surface area contributed by atoms with Gasteiger partial charge in [0.1, 0.15) is 17.2 Å². The molecule has 0 atom stereocenters. The number of pyridine rings is 1. The zero-order valence-electron chi connectivity index (χ0n) is 10.4. The molecule has 0 aliphatic rings. The van der Waals surface area contributed by atoms with Crippen LogP contribution in [0.4, 0.5) is 15.9 Å². The minimum absolute atomic E-state index is 0.106. The van der Waals surface area contributed by atoms with Crippen molar-refractivity contribution in [2.24, 2.45) is 5.18 Å². The Morgan fingerprint density at radius 3 is 2.81 bits per heavy atom. The molecule has 0 spiro atoms. The van der Waals surface area contributed by atoms with E-state index in [1.54, 1.807) is 6.07 Å². The molecule has 0 radical (unpaired) electrons. The molecule has 2 aromatic heterocycles. The van der Waals surface area contributed by atoms with Gasteiger partial charge in [-0.25, -0.2) is 9.37 Å². The number of halogens is 1.